The third-order valence-electron chi connectivity index (χ3n) is 5.55. The SMILES string of the molecule is Nc1ncc(F)cc1C(=O)NC12CC3CC(CC(C3)C1)C2. The van der Waals surface area contributed by atoms with Gasteiger partial charge in [0.2, 0.25) is 0 Å². The second kappa shape index (κ2) is 4.42. The normalized spacial score (nSPS) is 36.7. The van der Waals surface area contributed by atoms with Crippen LogP contribution < -0.4 is 11.1 Å². The minimum atomic E-state index is -0.528. The Morgan fingerprint density at radius 1 is 1.24 bits per heavy atom. The topological polar surface area (TPSA) is 68.0 Å². The number of nitrogens with two attached hydrogens (primary N) is 1. The summed E-state index contributed by atoms with van der Waals surface area (Å²) in [4.78, 5) is 16.2. The van der Waals surface area contributed by atoms with Gasteiger partial charge in [0.15, 0.2) is 0 Å². The molecule has 5 rings (SSSR count). The van der Waals surface area contributed by atoms with Gasteiger partial charge in [-0.1, -0.05) is 0 Å². The highest BCUT2D eigenvalue weighted by atomic mass is 19.1. The van der Waals surface area contributed by atoms with Crippen LogP contribution in [-0.2, 0) is 0 Å². The lowest BCUT2D eigenvalue weighted by Gasteiger charge is -2.56. The van der Waals surface area contributed by atoms with E-state index in [1.54, 1.807) is 0 Å². The van der Waals surface area contributed by atoms with E-state index in [9.17, 15) is 9.18 Å². The van der Waals surface area contributed by atoms with E-state index in [1.807, 2.05) is 0 Å². The van der Waals surface area contributed by atoms with E-state index in [4.69, 9.17) is 5.73 Å². The first-order valence-electron chi connectivity index (χ1n) is 7.76. The van der Waals surface area contributed by atoms with E-state index in [2.05, 4.69) is 10.3 Å². The van der Waals surface area contributed by atoms with Crippen molar-refractivity contribution in [3.63, 3.8) is 0 Å². The molecule has 4 saturated carbocycles. The zero-order valence-electron chi connectivity index (χ0n) is 11.9. The van der Waals surface area contributed by atoms with Crippen molar-refractivity contribution in [2.75, 3.05) is 5.73 Å². The van der Waals surface area contributed by atoms with Gasteiger partial charge in [-0.25, -0.2) is 9.37 Å². The number of aromatic nitrogens is 1. The van der Waals surface area contributed by atoms with Crippen molar-refractivity contribution < 1.29 is 9.18 Å². The number of nitrogens with one attached hydrogen (secondary N) is 1. The number of nitrogens with zero attached hydrogens (tertiary/aromatic N) is 1. The van der Waals surface area contributed by atoms with Crippen LogP contribution in [0.3, 0.4) is 0 Å². The molecule has 4 bridgehead atoms. The fourth-order valence-electron chi connectivity index (χ4n) is 5.20. The van der Waals surface area contributed by atoms with Gasteiger partial charge in [-0.05, 0) is 62.3 Å². The van der Waals surface area contributed by atoms with E-state index in [0.717, 1.165) is 43.2 Å². The Kier molecular flexibility index (Phi) is 2.75. The largest absolute Gasteiger partial charge is 0.383 e. The average Bonchev–Trinajstić information content (AvgIpc) is 2.39. The molecule has 1 amide bonds. The van der Waals surface area contributed by atoms with E-state index in [-0.39, 0.29) is 22.8 Å². The summed E-state index contributed by atoms with van der Waals surface area (Å²) in [6, 6.07) is 1.18. The fourth-order valence-corrected chi connectivity index (χ4v) is 5.20. The molecular formula is C16H20FN3O. The highest BCUT2D eigenvalue weighted by molar-refractivity contribution is 5.98. The number of carbonyl (C=O) groups excluding carboxylic acids is 1. The average molecular weight is 289 g/mol. The summed E-state index contributed by atoms with van der Waals surface area (Å²) in [6.07, 6.45) is 8.18. The first-order valence-corrected chi connectivity index (χ1v) is 7.76. The third kappa shape index (κ3) is 2.19. The molecule has 1 aromatic heterocycles. The molecule has 0 saturated heterocycles. The Morgan fingerprint density at radius 3 is 2.38 bits per heavy atom. The van der Waals surface area contributed by atoms with Gasteiger partial charge in [0.25, 0.3) is 5.91 Å². The first-order chi connectivity index (χ1) is 10.0. The van der Waals surface area contributed by atoms with Crippen LogP contribution in [-0.4, -0.2) is 16.4 Å². The summed E-state index contributed by atoms with van der Waals surface area (Å²) in [7, 11) is 0. The maximum Gasteiger partial charge on any atom is 0.255 e. The molecular weight excluding hydrogens is 269 g/mol. The van der Waals surface area contributed by atoms with Gasteiger partial charge in [0.05, 0.1) is 11.8 Å². The van der Waals surface area contributed by atoms with Crippen LogP contribution in [0.1, 0.15) is 48.9 Å². The lowest BCUT2D eigenvalue weighted by atomic mass is 9.53. The zero-order chi connectivity index (χ0) is 14.6. The molecule has 0 atom stereocenters. The second-order valence-corrected chi connectivity index (χ2v) is 7.24. The van der Waals surface area contributed by atoms with E-state index >= 15 is 0 Å². The molecule has 4 aliphatic carbocycles. The molecule has 0 unspecified atom stereocenters. The van der Waals surface area contributed by atoms with Crippen molar-refractivity contribution in [2.24, 2.45) is 17.8 Å². The van der Waals surface area contributed by atoms with Crippen LogP contribution in [0.5, 0.6) is 0 Å². The Hall–Kier alpha value is -1.65. The van der Waals surface area contributed by atoms with Gasteiger partial charge in [0, 0.05) is 5.54 Å². The van der Waals surface area contributed by atoms with E-state index in [1.165, 1.54) is 25.3 Å². The van der Waals surface area contributed by atoms with Crippen LogP contribution in [0, 0.1) is 23.6 Å². The summed E-state index contributed by atoms with van der Waals surface area (Å²) in [5.74, 6) is 1.54. The summed E-state index contributed by atoms with van der Waals surface area (Å²) >= 11 is 0. The molecule has 5 heteroatoms. The number of hydrogen-bond acceptors (Lipinski definition) is 3. The highest BCUT2D eigenvalue weighted by Crippen LogP contribution is 2.55. The molecule has 21 heavy (non-hydrogen) atoms. The lowest BCUT2D eigenvalue weighted by Crippen LogP contribution is -2.59. The number of halogens is 1. The molecule has 0 aromatic carbocycles. The van der Waals surface area contributed by atoms with Crippen molar-refractivity contribution in [2.45, 2.75) is 44.1 Å². The summed E-state index contributed by atoms with van der Waals surface area (Å²) < 4.78 is 13.3. The molecule has 112 valence electrons. The van der Waals surface area contributed by atoms with Gasteiger partial charge in [-0.15, -0.1) is 0 Å². The molecule has 0 spiro atoms. The van der Waals surface area contributed by atoms with Gasteiger partial charge < -0.3 is 11.1 Å². The molecule has 4 aliphatic rings. The maximum atomic E-state index is 13.3. The second-order valence-electron chi connectivity index (χ2n) is 7.24. The number of pyridine rings is 1. The molecule has 3 N–H and O–H groups in total. The molecule has 4 nitrogen and oxygen atoms in total. The quantitative estimate of drug-likeness (QED) is 0.879. The van der Waals surface area contributed by atoms with Crippen molar-refractivity contribution in [3.8, 4) is 0 Å². The number of carbonyl (C=O) groups is 1. The smallest absolute Gasteiger partial charge is 0.255 e. The number of hydrogen-bond donors (Lipinski definition) is 2. The molecule has 0 aliphatic heterocycles. The zero-order valence-corrected chi connectivity index (χ0v) is 11.9. The van der Waals surface area contributed by atoms with Crippen LogP contribution in [0.2, 0.25) is 0 Å². The van der Waals surface area contributed by atoms with Gasteiger partial charge in [0.1, 0.15) is 11.6 Å². The molecule has 1 aromatic rings. The minimum Gasteiger partial charge on any atom is -0.383 e. The Morgan fingerprint density at radius 2 is 1.81 bits per heavy atom. The van der Waals surface area contributed by atoms with Crippen LogP contribution in [0.25, 0.3) is 0 Å². The third-order valence-corrected chi connectivity index (χ3v) is 5.55. The summed E-state index contributed by atoms with van der Waals surface area (Å²) in [6.45, 7) is 0. The Balaban J connectivity index is 1.58. The summed E-state index contributed by atoms with van der Waals surface area (Å²) in [5.41, 5.74) is 5.78. The number of rotatable bonds is 2. The highest BCUT2D eigenvalue weighted by Gasteiger charge is 2.51. The van der Waals surface area contributed by atoms with Crippen LogP contribution >= 0.6 is 0 Å². The van der Waals surface area contributed by atoms with E-state index in [0.29, 0.717) is 0 Å². The van der Waals surface area contributed by atoms with Crippen molar-refractivity contribution in [1.82, 2.24) is 10.3 Å². The number of amides is 1. The van der Waals surface area contributed by atoms with Gasteiger partial charge >= 0.3 is 0 Å². The monoisotopic (exact) mass is 289 g/mol. The van der Waals surface area contributed by atoms with Crippen molar-refractivity contribution in [1.29, 1.82) is 0 Å². The predicted octanol–water partition coefficient (Wildman–Crippen LogP) is 2.50. The fraction of sp³-hybridized carbons (Fsp3) is 0.625. The predicted molar refractivity (Wildman–Crippen MR) is 77.0 cm³/mol. The molecule has 4 fully saturated rings. The Labute approximate surface area is 123 Å². The summed E-state index contributed by atoms with van der Waals surface area (Å²) in [5, 5.41) is 3.18. The molecule has 0 radical (unpaired) electrons. The van der Waals surface area contributed by atoms with Gasteiger partial charge in [-0.3, -0.25) is 4.79 Å². The van der Waals surface area contributed by atoms with Crippen LogP contribution in [0.15, 0.2) is 12.3 Å². The van der Waals surface area contributed by atoms with E-state index < -0.39 is 5.82 Å². The lowest BCUT2D eigenvalue weighted by molar-refractivity contribution is -0.0166. The minimum absolute atomic E-state index is 0.0927. The van der Waals surface area contributed by atoms with Crippen LogP contribution in [0.4, 0.5) is 10.2 Å². The Bertz CT molecular complexity index is 566. The maximum absolute atomic E-state index is 13.3. The first kappa shape index (κ1) is 13.0. The molecule has 1 heterocycles. The number of nitrogen functional groups attached to an aromatic ring is 1. The van der Waals surface area contributed by atoms with Gasteiger partial charge in [-0.2, -0.15) is 0 Å². The van der Waals surface area contributed by atoms with Crippen molar-refractivity contribution in [3.05, 3.63) is 23.6 Å². The standard InChI is InChI=1S/C16H20FN3O/c17-12-4-13(14(18)19-8-12)15(21)20-16-5-9-1-10(6-16)3-11(2-9)7-16/h4,8-11H,1-3,5-7H2,(H2,18,19)(H,20,21). The van der Waals surface area contributed by atoms with Crippen molar-refractivity contribution >= 4 is 11.7 Å². The number of anilines is 1.